The van der Waals surface area contributed by atoms with Gasteiger partial charge in [0, 0.05) is 18.0 Å². The molecule has 0 aliphatic heterocycles. The summed E-state index contributed by atoms with van der Waals surface area (Å²) >= 11 is 0. The topological polar surface area (TPSA) is 107 Å². The Hall–Kier alpha value is -1.99. The van der Waals surface area contributed by atoms with Crippen LogP contribution in [0.5, 0.6) is 0 Å². The van der Waals surface area contributed by atoms with Gasteiger partial charge in [0.1, 0.15) is 0 Å². The van der Waals surface area contributed by atoms with Gasteiger partial charge < -0.3 is 15.6 Å². The van der Waals surface area contributed by atoms with Crippen LogP contribution >= 0.6 is 12.4 Å². The van der Waals surface area contributed by atoms with E-state index in [0.29, 0.717) is 11.7 Å². The van der Waals surface area contributed by atoms with Gasteiger partial charge in [0.2, 0.25) is 17.6 Å². The van der Waals surface area contributed by atoms with E-state index < -0.39 is 6.04 Å². The summed E-state index contributed by atoms with van der Waals surface area (Å²) in [6.07, 6.45) is 4.15. The maximum atomic E-state index is 11.9. The summed E-state index contributed by atoms with van der Waals surface area (Å²) in [5.41, 5.74) is 6.65. The first-order valence-electron chi connectivity index (χ1n) is 6.88. The lowest BCUT2D eigenvalue weighted by Gasteiger charge is -2.16. The summed E-state index contributed by atoms with van der Waals surface area (Å²) in [5.74, 6) is 0.715. The Kier molecular flexibility index (Phi) is 6.94. The largest absolute Gasteiger partial charge is 0.346 e. The summed E-state index contributed by atoms with van der Waals surface area (Å²) in [5, 5.41) is 6.57. The highest BCUT2D eigenvalue weighted by atomic mass is 35.5. The minimum absolute atomic E-state index is 0. The second-order valence-electron chi connectivity index (χ2n) is 4.88. The molecule has 0 saturated carbocycles. The summed E-state index contributed by atoms with van der Waals surface area (Å²) in [4.78, 5) is 20.0. The van der Waals surface area contributed by atoms with Crippen LogP contribution in [0.4, 0.5) is 0 Å². The van der Waals surface area contributed by atoms with Crippen molar-refractivity contribution in [2.75, 3.05) is 0 Å². The molecule has 0 fully saturated rings. The highest BCUT2D eigenvalue weighted by molar-refractivity contribution is 5.85. The molecule has 7 nitrogen and oxygen atoms in total. The molecule has 0 aliphatic rings. The molecule has 2 atom stereocenters. The Morgan fingerprint density at radius 2 is 2.09 bits per heavy atom. The Bertz CT molecular complexity index is 590. The van der Waals surface area contributed by atoms with Crippen molar-refractivity contribution in [3.63, 3.8) is 0 Å². The molecule has 2 aromatic rings. The number of halogens is 1. The van der Waals surface area contributed by atoms with E-state index in [-0.39, 0.29) is 30.8 Å². The summed E-state index contributed by atoms with van der Waals surface area (Å²) in [7, 11) is 0. The molecule has 0 radical (unpaired) electrons. The Labute approximate surface area is 135 Å². The first-order chi connectivity index (χ1) is 10.1. The number of amides is 1. The smallest absolute Gasteiger partial charge is 0.246 e. The van der Waals surface area contributed by atoms with Gasteiger partial charge in [-0.1, -0.05) is 25.4 Å². The standard InChI is InChI=1S/C14H19N5O2.ClH/c1-3-9(2)12(15)14(20)17-8-11-18-13(19-21-11)10-4-6-16-7-5-10;/h4-7,9,12H,3,8,15H2,1-2H3,(H,17,20);1H. The highest BCUT2D eigenvalue weighted by Crippen LogP contribution is 2.13. The SMILES string of the molecule is CCC(C)C(N)C(=O)NCc1nc(-c2ccncc2)no1.Cl. The average Bonchev–Trinajstić information content (AvgIpc) is 3.01. The van der Waals surface area contributed by atoms with Gasteiger partial charge in [-0.05, 0) is 18.1 Å². The second-order valence-corrected chi connectivity index (χ2v) is 4.88. The lowest BCUT2D eigenvalue weighted by molar-refractivity contribution is -0.123. The quantitative estimate of drug-likeness (QED) is 0.834. The number of hydrogen-bond acceptors (Lipinski definition) is 6. The van der Waals surface area contributed by atoms with E-state index in [4.69, 9.17) is 10.3 Å². The number of rotatable bonds is 6. The Balaban J connectivity index is 0.00000242. The Morgan fingerprint density at radius 1 is 1.41 bits per heavy atom. The van der Waals surface area contributed by atoms with Gasteiger partial charge in [-0.25, -0.2) is 0 Å². The van der Waals surface area contributed by atoms with Crippen molar-refractivity contribution in [3.8, 4) is 11.4 Å². The molecule has 2 aromatic heterocycles. The zero-order valence-electron chi connectivity index (χ0n) is 12.5. The van der Waals surface area contributed by atoms with Crippen LogP contribution in [0.3, 0.4) is 0 Å². The Morgan fingerprint density at radius 3 is 2.73 bits per heavy atom. The first kappa shape index (κ1) is 18.1. The van der Waals surface area contributed by atoms with E-state index in [9.17, 15) is 4.79 Å². The molecule has 2 rings (SSSR count). The maximum absolute atomic E-state index is 11.9. The predicted molar refractivity (Wildman–Crippen MR) is 84.1 cm³/mol. The van der Waals surface area contributed by atoms with Gasteiger partial charge in [0.25, 0.3) is 0 Å². The lowest BCUT2D eigenvalue weighted by Crippen LogP contribution is -2.44. The monoisotopic (exact) mass is 325 g/mol. The van der Waals surface area contributed by atoms with Crippen LogP contribution in [-0.2, 0) is 11.3 Å². The van der Waals surface area contributed by atoms with E-state index in [1.54, 1.807) is 24.5 Å². The van der Waals surface area contributed by atoms with E-state index in [1.807, 2.05) is 13.8 Å². The molecule has 0 spiro atoms. The number of aromatic nitrogens is 3. The molecule has 120 valence electrons. The summed E-state index contributed by atoms with van der Waals surface area (Å²) < 4.78 is 5.10. The van der Waals surface area contributed by atoms with Crippen molar-refractivity contribution in [1.29, 1.82) is 0 Å². The van der Waals surface area contributed by atoms with Gasteiger partial charge in [0.15, 0.2) is 0 Å². The van der Waals surface area contributed by atoms with Gasteiger partial charge in [0.05, 0.1) is 12.6 Å². The van der Waals surface area contributed by atoms with Crippen molar-refractivity contribution in [2.24, 2.45) is 11.7 Å². The molecule has 1 amide bonds. The predicted octanol–water partition coefficient (Wildman–Crippen LogP) is 1.54. The molecule has 8 heteroatoms. The molecule has 2 heterocycles. The number of carbonyl (C=O) groups excluding carboxylic acids is 1. The fraction of sp³-hybridized carbons (Fsp3) is 0.429. The second kappa shape index (κ2) is 8.45. The zero-order chi connectivity index (χ0) is 15.2. The normalized spacial score (nSPS) is 13.0. The number of nitrogens with two attached hydrogens (primary N) is 1. The van der Waals surface area contributed by atoms with Gasteiger partial charge >= 0.3 is 0 Å². The summed E-state index contributed by atoms with van der Waals surface area (Å²) in [6, 6.07) is 3.04. The fourth-order valence-electron chi connectivity index (χ4n) is 1.74. The van der Waals surface area contributed by atoms with Crippen LogP contribution < -0.4 is 11.1 Å². The van der Waals surface area contributed by atoms with Crippen LogP contribution in [0.25, 0.3) is 11.4 Å². The third-order valence-electron chi connectivity index (χ3n) is 3.38. The number of pyridine rings is 1. The van der Waals surface area contributed by atoms with Crippen molar-refractivity contribution >= 4 is 18.3 Å². The molecule has 0 saturated heterocycles. The molecule has 3 N–H and O–H groups in total. The van der Waals surface area contributed by atoms with Gasteiger partial charge in [-0.3, -0.25) is 9.78 Å². The first-order valence-corrected chi connectivity index (χ1v) is 6.88. The highest BCUT2D eigenvalue weighted by Gasteiger charge is 2.19. The van der Waals surface area contributed by atoms with Crippen molar-refractivity contribution < 1.29 is 9.32 Å². The van der Waals surface area contributed by atoms with E-state index >= 15 is 0 Å². The fourth-order valence-corrected chi connectivity index (χ4v) is 1.74. The number of carbonyl (C=O) groups is 1. The third kappa shape index (κ3) is 4.51. The molecule has 0 aromatic carbocycles. The van der Waals surface area contributed by atoms with Crippen LogP contribution in [-0.4, -0.2) is 27.1 Å². The van der Waals surface area contributed by atoms with E-state index in [0.717, 1.165) is 12.0 Å². The average molecular weight is 326 g/mol. The zero-order valence-corrected chi connectivity index (χ0v) is 13.3. The third-order valence-corrected chi connectivity index (χ3v) is 3.38. The molecular weight excluding hydrogens is 306 g/mol. The minimum atomic E-state index is -0.530. The van der Waals surface area contributed by atoms with Gasteiger partial charge in [-0.15, -0.1) is 12.4 Å². The van der Waals surface area contributed by atoms with Crippen LogP contribution in [0.2, 0.25) is 0 Å². The molecule has 2 unspecified atom stereocenters. The number of hydrogen-bond donors (Lipinski definition) is 2. The molecule has 0 bridgehead atoms. The van der Waals surface area contributed by atoms with Gasteiger partial charge in [-0.2, -0.15) is 4.98 Å². The lowest BCUT2D eigenvalue weighted by atomic mass is 9.99. The summed E-state index contributed by atoms with van der Waals surface area (Å²) in [6.45, 7) is 4.11. The molecule has 22 heavy (non-hydrogen) atoms. The van der Waals surface area contributed by atoms with Crippen molar-refractivity contribution in [1.82, 2.24) is 20.4 Å². The van der Waals surface area contributed by atoms with E-state index in [1.165, 1.54) is 0 Å². The number of nitrogens with zero attached hydrogens (tertiary/aromatic N) is 3. The molecule has 0 aliphatic carbocycles. The minimum Gasteiger partial charge on any atom is -0.346 e. The van der Waals surface area contributed by atoms with Crippen LogP contribution in [0.1, 0.15) is 26.2 Å². The maximum Gasteiger partial charge on any atom is 0.246 e. The van der Waals surface area contributed by atoms with Crippen LogP contribution in [0, 0.1) is 5.92 Å². The van der Waals surface area contributed by atoms with E-state index in [2.05, 4.69) is 20.4 Å². The van der Waals surface area contributed by atoms with Crippen molar-refractivity contribution in [2.45, 2.75) is 32.9 Å². The van der Waals surface area contributed by atoms with Crippen LogP contribution in [0.15, 0.2) is 29.0 Å². The van der Waals surface area contributed by atoms with Crippen molar-refractivity contribution in [3.05, 3.63) is 30.4 Å². The molecular formula is C14H20ClN5O2. The number of nitrogens with one attached hydrogen (secondary N) is 1.